The second-order valence-corrected chi connectivity index (χ2v) is 2.48. The Balaban J connectivity index is 3.12. The van der Waals surface area contributed by atoms with Crippen LogP contribution in [0.3, 0.4) is 0 Å². The van der Waals surface area contributed by atoms with Crippen LogP contribution in [0.25, 0.3) is 0 Å². The van der Waals surface area contributed by atoms with E-state index >= 15 is 0 Å². The van der Waals surface area contributed by atoms with Crippen LogP contribution >= 0.6 is 0 Å². The van der Waals surface area contributed by atoms with Gasteiger partial charge in [-0.15, -0.1) is 0 Å². The van der Waals surface area contributed by atoms with Crippen molar-refractivity contribution < 1.29 is 9.53 Å². The maximum Gasteiger partial charge on any atom is 0.189 e. The minimum Gasteiger partial charge on any atom is -0.496 e. The first kappa shape index (κ1) is 8.78. The molecule has 0 saturated heterocycles. The number of hydrogen-bond donors (Lipinski definition) is 0. The smallest absolute Gasteiger partial charge is 0.189 e. The van der Waals surface area contributed by atoms with E-state index in [1.807, 2.05) is 19.9 Å². The lowest BCUT2D eigenvalue weighted by molar-refractivity contribution is -0.110. The van der Waals surface area contributed by atoms with Crippen LogP contribution in [0.2, 0.25) is 0 Å². The van der Waals surface area contributed by atoms with Gasteiger partial charge in [0.25, 0.3) is 0 Å². The molecule has 0 amide bonds. The molecular weight excluding hydrogens is 152 g/mol. The molecule has 0 atom stereocenters. The summed E-state index contributed by atoms with van der Waals surface area (Å²) in [5, 5.41) is 0. The van der Waals surface area contributed by atoms with Gasteiger partial charge in [-0.3, -0.25) is 4.79 Å². The standard InChI is InChI=1S/C10H12O2/c1-4-7-8(5-2)10(12-3)6-9(7)11/h4-6H,1-3H3/b7-4-,8-5-. The first-order valence-electron chi connectivity index (χ1n) is 3.88. The van der Waals surface area contributed by atoms with Crippen LogP contribution in [0, 0.1) is 0 Å². The minimum atomic E-state index is 0.0300. The molecule has 0 aromatic carbocycles. The zero-order valence-corrected chi connectivity index (χ0v) is 7.55. The van der Waals surface area contributed by atoms with Gasteiger partial charge in [0.05, 0.1) is 7.11 Å². The fourth-order valence-electron chi connectivity index (χ4n) is 1.30. The van der Waals surface area contributed by atoms with Crippen molar-refractivity contribution in [3.63, 3.8) is 0 Å². The van der Waals surface area contributed by atoms with Crippen molar-refractivity contribution in [2.75, 3.05) is 7.11 Å². The highest BCUT2D eigenvalue weighted by molar-refractivity contribution is 6.12. The second kappa shape index (κ2) is 3.39. The molecule has 1 aliphatic carbocycles. The fraction of sp³-hybridized carbons (Fsp3) is 0.300. The highest BCUT2D eigenvalue weighted by atomic mass is 16.5. The van der Waals surface area contributed by atoms with Gasteiger partial charge >= 0.3 is 0 Å². The molecule has 2 nitrogen and oxygen atoms in total. The predicted molar refractivity (Wildman–Crippen MR) is 47.6 cm³/mol. The molecular formula is C10H12O2. The van der Waals surface area contributed by atoms with E-state index in [9.17, 15) is 4.79 Å². The Kier molecular flexibility index (Phi) is 2.48. The molecule has 0 bridgehead atoms. The first-order valence-corrected chi connectivity index (χ1v) is 3.88. The van der Waals surface area contributed by atoms with E-state index in [1.54, 1.807) is 13.2 Å². The zero-order chi connectivity index (χ0) is 9.14. The SMILES string of the molecule is C/C=C1\C(=O)C=C(OC)\C1=C/C. The van der Waals surface area contributed by atoms with Gasteiger partial charge in [0.1, 0.15) is 5.76 Å². The summed E-state index contributed by atoms with van der Waals surface area (Å²) < 4.78 is 5.05. The Bertz CT molecular complexity index is 293. The van der Waals surface area contributed by atoms with Crippen LogP contribution in [0.5, 0.6) is 0 Å². The highest BCUT2D eigenvalue weighted by Crippen LogP contribution is 2.27. The number of allylic oxidation sites excluding steroid dienone is 4. The lowest BCUT2D eigenvalue weighted by Gasteiger charge is -2.02. The van der Waals surface area contributed by atoms with Gasteiger partial charge in [-0.05, 0) is 13.8 Å². The number of ether oxygens (including phenoxy) is 1. The summed E-state index contributed by atoms with van der Waals surface area (Å²) >= 11 is 0. The highest BCUT2D eigenvalue weighted by Gasteiger charge is 2.23. The number of rotatable bonds is 1. The molecule has 0 unspecified atom stereocenters. The summed E-state index contributed by atoms with van der Waals surface area (Å²) in [7, 11) is 1.57. The van der Waals surface area contributed by atoms with Gasteiger partial charge in [0, 0.05) is 17.2 Å². The van der Waals surface area contributed by atoms with E-state index in [4.69, 9.17) is 4.74 Å². The predicted octanol–water partition coefficient (Wildman–Crippen LogP) is 1.99. The molecule has 0 aromatic heterocycles. The van der Waals surface area contributed by atoms with Gasteiger partial charge in [0.15, 0.2) is 5.78 Å². The molecule has 64 valence electrons. The van der Waals surface area contributed by atoms with Crippen molar-refractivity contribution in [2.24, 2.45) is 0 Å². The molecule has 0 N–H and O–H groups in total. The Hall–Kier alpha value is -1.31. The third-order valence-electron chi connectivity index (χ3n) is 1.88. The van der Waals surface area contributed by atoms with Crippen molar-refractivity contribution in [3.05, 3.63) is 35.1 Å². The van der Waals surface area contributed by atoms with E-state index in [2.05, 4.69) is 0 Å². The number of methoxy groups -OCH3 is 1. The van der Waals surface area contributed by atoms with Crippen LogP contribution in [0.4, 0.5) is 0 Å². The lowest BCUT2D eigenvalue weighted by Crippen LogP contribution is -1.93. The van der Waals surface area contributed by atoms with Crippen molar-refractivity contribution in [3.8, 4) is 0 Å². The Morgan fingerprint density at radius 1 is 1.25 bits per heavy atom. The average molecular weight is 164 g/mol. The number of carbonyl (C=O) groups is 1. The topological polar surface area (TPSA) is 26.3 Å². The third-order valence-corrected chi connectivity index (χ3v) is 1.88. The quantitative estimate of drug-likeness (QED) is 0.554. The summed E-state index contributed by atoms with van der Waals surface area (Å²) in [6, 6.07) is 0. The molecule has 0 heterocycles. The van der Waals surface area contributed by atoms with E-state index in [1.165, 1.54) is 6.08 Å². The maximum absolute atomic E-state index is 11.3. The van der Waals surface area contributed by atoms with E-state index in [0.717, 1.165) is 11.1 Å². The van der Waals surface area contributed by atoms with Crippen molar-refractivity contribution in [1.29, 1.82) is 0 Å². The summed E-state index contributed by atoms with van der Waals surface area (Å²) in [6.45, 7) is 3.74. The summed E-state index contributed by atoms with van der Waals surface area (Å²) in [5.41, 5.74) is 1.62. The average Bonchev–Trinajstić information content (AvgIpc) is 2.40. The minimum absolute atomic E-state index is 0.0300. The van der Waals surface area contributed by atoms with Crippen LogP contribution in [-0.2, 0) is 9.53 Å². The monoisotopic (exact) mass is 164 g/mol. The Morgan fingerprint density at radius 2 is 1.83 bits per heavy atom. The van der Waals surface area contributed by atoms with Gasteiger partial charge in [-0.2, -0.15) is 0 Å². The normalized spacial score (nSPS) is 23.6. The Labute approximate surface area is 72.2 Å². The lowest BCUT2D eigenvalue weighted by atomic mass is 10.1. The number of carbonyl (C=O) groups excluding carboxylic acids is 1. The molecule has 0 radical (unpaired) electrons. The zero-order valence-electron chi connectivity index (χ0n) is 7.55. The first-order chi connectivity index (χ1) is 5.74. The molecule has 1 rings (SSSR count). The van der Waals surface area contributed by atoms with Crippen molar-refractivity contribution in [2.45, 2.75) is 13.8 Å². The summed E-state index contributed by atoms with van der Waals surface area (Å²) in [5.74, 6) is 0.693. The molecule has 0 aliphatic heterocycles. The summed E-state index contributed by atoms with van der Waals surface area (Å²) in [6.07, 6.45) is 5.21. The van der Waals surface area contributed by atoms with Gasteiger partial charge in [-0.1, -0.05) is 12.2 Å². The Morgan fingerprint density at radius 3 is 2.25 bits per heavy atom. The largest absolute Gasteiger partial charge is 0.496 e. The van der Waals surface area contributed by atoms with Crippen molar-refractivity contribution in [1.82, 2.24) is 0 Å². The van der Waals surface area contributed by atoms with E-state index < -0.39 is 0 Å². The van der Waals surface area contributed by atoms with Crippen LogP contribution < -0.4 is 0 Å². The molecule has 0 aromatic rings. The molecule has 12 heavy (non-hydrogen) atoms. The second-order valence-electron chi connectivity index (χ2n) is 2.48. The molecule has 0 spiro atoms. The number of hydrogen-bond acceptors (Lipinski definition) is 2. The number of ketones is 1. The third kappa shape index (κ3) is 1.20. The van der Waals surface area contributed by atoms with E-state index in [0.29, 0.717) is 5.76 Å². The molecule has 2 heteroatoms. The fourth-order valence-corrected chi connectivity index (χ4v) is 1.30. The van der Waals surface area contributed by atoms with Crippen molar-refractivity contribution >= 4 is 5.78 Å². The van der Waals surface area contributed by atoms with Gasteiger partial charge in [-0.25, -0.2) is 0 Å². The van der Waals surface area contributed by atoms with Crippen LogP contribution in [0.15, 0.2) is 35.1 Å². The van der Waals surface area contributed by atoms with Gasteiger partial charge in [0.2, 0.25) is 0 Å². The van der Waals surface area contributed by atoms with E-state index in [-0.39, 0.29) is 5.78 Å². The molecule has 0 saturated carbocycles. The summed E-state index contributed by atoms with van der Waals surface area (Å²) in [4.78, 5) is 11.3. The maximum atomic E-state index is 11.3. The van der Waals surface area contributed by atoms with Gasteiger partial charge < -0.3 is 4.74 Å². The van der Waals surface area contributed by atoms with Crippen LogP contribution in [-0.4, -0.2) is 12.9 Å². The molecule has 0 fully saturated rings. The van der Waals surface area contributed by atoms with Crippen LogP contribution in [0.1, 0.15) is 13.8 Å². The molecule has 1 aliphatic rings.